The second-order valence-corrected chi connectivity index (χ2v) is 5.10. The minimum absolute atomic E-state index is 0.138. The summed E-state index contributed by atoms with van der Waals surface area (Å²) < 4.78 is 18.7. The van der Waals surface area contributed by atoms with Crippen LogP contribution in [0.3, 0.4) is 0 Å². The van der Waals surface area contributed by atoms with E-state index in [9.17, 15) is 4.39 Å². The van der Waals surface area contributed by atoms with Gasteiger partial charge < -0.3 is 10.1 Å². The van der Waals surface area contributed by atoms with E-state index in [2.05, 4.69) is 5.32 Å². The van der Waals surface area contributed by atoms with Crippen LogP contribution in [0.5, 0.6) is 0 Å². The van der Waals surface area contributed by atoms with Crippen LogP contribution in [0.15, 0.2) is 24.3 Å². The minimum Gasteiger partial charge on any atom is -0.381 e. The van der Waals surface area contributed by atoms with Gasteiger partial charge in [0.15, 0.2) is 0 Å². The molecule has 0 bridgehead atoms. The van der Waals surface area contributed by atoms with Crippen molar-refractivity contribution >= 4 is 0 Å². The summed E-state index contributed by atoms with van der Waals surface area (Å²) in [5.74, 6) is 0.967. The summed E-state index contributed by atoms with van der Waals surface area (Å²) in [6, 6.07) is 7.01. The monoisotopic (exact) mass is 251 g/mol. The van der Waals surface area contributed by atoms with Gasteiger partial charge in [-0.05, 0) is 55.8 Å². The first-order chi connectivity index (χ1) is 8.79. The fourth-order valence-corrected chi connectivity index (χ4v) is 2.73. The van der Waals surface area contributed by atoms with E-state index >= 15 is 0 Å². The van der Waals surface area contributed by atoms with Crippen molar-refractivity contribution in [3.63, 3.8) is 0 Å². The Morgan fingerprint density at radius 1 is 1.39 bits per heavy atom. The fourth-order valence-electron chi connectivity index (χ4n) is 2.73. The number of likely N-dealkylation sites (N-methyl/N-ethyl adjacent to an activating group) is 1. The maximum atomic E-state index is 13.3. The number of nitrogens with one attached hydrogen (secondary N) is 1. The average molecular weight is 251 g/mol. The van der Waals surface area contributed by atoms with Gasteiger partial charge in [0.2, 0.25) is 0 Å². The molecule has 1 aromatic carbocycles. The van der Waals surface area contributed by atoms with Gasteiger partial charge in [0.1, 0.15) is 5.82 Å². The molecule has 1 heterocycles. The molecule has 1 aliphatic heterocycles. The first-order valence-electron chi connectivity index (χ1n) is 6.77. The molecular weight excluding hydrogens is 229 g/mol. The Hall–Kier alpha value is -0.930. The van der Waals surface area contributed by atoms with Crippen LogP contribution in [0.25, 0.3) is 0 Å². The van der Waals surface area contributed by atoms with Crippen LogP contribution in [0.4, 0.5) is 4.39 Å². The van der Waals surface area contributed by atoms with Crippen LogP contribution in [-0.4, -0.2) is 26.8 Å². The van der Waals surface area contributed by atoms with E-state index < -0.39 is 0 Å². The normalized spacial score (nSPS) is 18.8. The summed E-state index contributed by atoms with van der Waals surface area (Å²) in [7, 11) is 1.95. The number of hydrogen-bond donors (Lipinski definition) is 1. The number of rotatable bonds is 5. The predicted molar refractivity (Wildman–Crippen MR) is 71.2 cm³/mol. The van der Waals surface area contributed by atoms with Crippen LogP contribution < -0.4 is 5.32 Å². The fraction of sp³-hybridized carbons (Fsp3) is 0.600. The van der Waals surface area contributed by atoms with Gasteiger partial charge in [-0.3, -0.25) is 0 Å². The molecule has 1 saturated heterocycles. The molecule has 2 rings (SSSR count). The van der Waals surface area contributed by atoms with Gasteiger partial charge in [0, 0.05) is 19.8 Å². The average Bonchev–Trinajstić information content (AvgIpc) is 2.39. The van der Waals surface area contributed by atoms with Crippen LogP contribution in [-0.2, 0) is 4.74 Å². The second kappa shape index (κ2) is 6.86. The van der Waals surface area contributed by atoms with E-state index in [1.165, 1.54) is 6.07 Å². The molecule has 0 radical (unpaired) electrons. The summed E-state index contributed by atoms with van der Waals surface area (Å²) in [6.45, 7) is 2.65. The lowest BCUT2D eigenvalue weighted by atomic mass is 9.85. The SMILES string of the molecule is CNCC(CC1CCOCC1)c1cccc(F)c1. The van der Waals surface area contributed by atoms with E-state index in [1.807, 2.05) is 13.1 Å². The number of hydrogen-bond acceptors (Lipinski definition) is 2. The molecule has 3 heteroatoms. The van der Waals surface area contributed by atoms with Gasteiger partial charge in [-0.1, -0.05) is 12.1 Å². The van der Waals surface area contributed by atoms with E-state index in [0.29, 0.717) is 11.8 Å². The van der Waals surface area contributed by atoms with Crippen molar-refractivity contribution in [2.24, 2.45) is 5.92 Å². The largest absolute Gasteiger partial charge is 0.381 e. The molecule has 0 spiro atoms. The van der Waals surface area contributed by atoms with Crippen molar-refractivity contribution in [2.75, 3.05) is 26.8 Å². The maximum absolute atomic E-state index is 13.3. The van der Waals surface area contributed by atoms with E-state index in [4.69, 9.17) is 4.74 Å². The van der Waals surface area contributed by atoms with Crippen molar-refractivity contribution in [3.8, 4) is 0 Å². The van der Waals surface area contributed by atoms with Gasteiger partial charge in [-0.15, -0.1) is 0 Å². The van der Waals surface area contributed by atoms with Crippen molar-refractivity contribution in [2.45, 2.75) is 25.2 Å². The van der Waals surface area contributed by atoms with Crippen LogP contribution in [0.1, 0.15) is 30.7 Å². The molecule has 0 aliphatic carbocycles. The molecule has 2 nitrogen and oxygen atoms in total. The lowest BCUT2D eigenvalue weighted by Crippen LogP contribution is -2.23. The van der Waals surface area contributed by atoms with E-state index in [1.54, 1.807) is 12.1 Å². The topological polar surface area (TPSA) is 21.3 Å². The third kappa shape index (κ3) is 3.79. The highest BCUT2D eigenvalue weighted by molar-refractivity contribution is 5.21. The Kier molecular flexibility index (Phi) is 5.14. The van der Waals surface area contributed by atoms with Gasteiger partial charge in [-0.25, -0.2) is 4.39 Å². The summed E-state index contributed by atoms with van der Waals surface area (Å²) in [4.78, 5) is 0. The first-order valence-corrected chi connectivity index (χ1v) is 6.77. The van der Waals surface area contributed by atoms with Crippen LogP contribution in [0.2, 0.25) is 0 Å². The maximum Gasteiger partial charge on any atom is 0.123 e. The highest BCUT2D eigenvalue weighted by Crippen LogP contribution is 2.29. The quantitative estimate of drug-likeness (QED) is 0.868. The number of halogens is 1. The molecule has 1 fully saturated rings. The molecular formula is C15H22FNO. The molecule has 0 amide bonds. The van der Waals surface area contributed by atoms with E-state index in [-0.39, 0.29) is 5.82 Å². The lowest BCUT2D eigenvalue weighted by Gasteiger charge is -2.27. The summed E-state index contributed by atoms with van der Waals surface area (Å²) in [5, 5.41) is 3.22. The van der Waals surface area contributed by atoms with Gasteiger partial charge >= 0.3 is 0 Å². The second-order valence-electron chi connectivity index (χ2n) is 5.10. The standard InChI is InChI=1S/C15H22FNO/c1-17-11-14(9-12-5-7-18-8-6-12)13-3-2-4-15(16)10-13/h2-4,10,12,14,17H,5-9,11H2,1H3. The highest BCUT2D eigenvalue weighted by atomic mass is 19.1. The lowest BCUT2D eigenvalue weighted by molar-refractivity contribution is 0.0617. The molecule has 100 valence electrons. The van der Waals surface area contributed by atoms with E-state index in [0.717, 1.165) is 44.6 Å². The van der Waals surface area contributed by atoms with Gasteiger partial charge in [-0.2, -0.15) is 0 Å². The zero-order valence-electron chi connectivity index (χ0n) is 11.0. The molecule has 1 unspecified atom stereocenters. The van der Waals surface area contributed by atoms with Crippen molar-refractivity contribution in [3.05, 3.63) is 35.6 Å². The Morgan fingerprint density at radius 2 is 2.17 bits per heavy atom. The molecule has 1 aliphatic rings. The van der Waals surface area contributed by atoms with Crippen molar-refractivity contribution in [1.29, 1.82) is 0 Å². The Balaban J connectivity index is 2.02. The zero-order valence-corrected chi connectivity index (χ0v) is 11.0. The zero-order chi connectivity index (χ0) is 12.8. The summed E-state index contributed by atoms with van der Waals surface area (Å²) in [6.07, 6.45) is 3.39. The molecule has 18 heavy (non-hydrogen) atoms. The third-order valence-corrected chi connectivity index (χ3v) is 3.73. The summed E-state index contributed by atoms with van der Waals surface area (Å²) in [5.41, 5.74) is 1.11. The van der Waals surface area contributed by atoms with Gasteiger partial charge in [0.05, 0.1) is 0 Å². The smallest absolute Gasteiger partial charge is 0.123 e. The Labute approximate surface area is 109 Å². The molecule has 1 atom stereocenters. The number of ether oxygens (including phenoxy) is 1. The molecule has 1 aromatic rings. The first kappa shape index (κ1) is 13.5. The summed E-state index contributed by atoms with van der Waals surface area (Å²) >= 11 is 0. The Bertz CT molecular complexity index is 363. The van der Waals surface area contributed by atoms with Crippen LogP contribution >= 0.6 is 0 Å². The number of benzene rings is 1. The third-order valence-electron chi connectivity index (χ3n) is 3.73. The van der Waals surface area contributed by atoms with Crippen molar-refractivity contribution < 1.29 is 9.13 Å². The van der Waals surface area contributed by atoms with Gasteiger partial charge in [0.25, 0.3) is 0 Å². The predicted octanol–water partition coefficient (Wildman–Crippen LogP) is 2.95. The highest BCUT2D eigenvalue weighted by Gasteiger charge is 2.20. The van der Waals surface area contributed by atoms with Crippen molar-refractivity contribution in [1.82, 2.24) is 5.32 Å². The molecule has 0 saturated carbocycles. The molecule has 1 N–H and O–H groups in total. The molecule has 0 aromatic heterocycles. The minimum atomic E-state index is -0.138. The Morgan fingerprint density at radius 3 is 2.83 bits per heavy atom. The van der Waals surface area contributed by atoms with Crippen LogP contribution in [0, 0.1) is 11.7 Å².